The molecule has 2 heterocycles. The van der Waals surface area contributed by atoms with E-state index in [0.29, 0.717) is 0 Å². The molecule has 2 atom stereocenters. The summed E-state index contributed by atoms with van der Waals surface area (Å²) < 4.78 is 0. The molecule has 3 rings (SSSR count). The molecule has 0 amide bonds. The van der Waals surface area contributed by atoms with Gasteiger partial charge in [0.05, 0.1) is 0 Å². The Kier molecular flexibility index (Phi) is 5.20. The van der Waals surface area contributed by atoms with E-state index in [1.54, 1.807) is 0 Å². The molecule has 0 saturated carbocycles. The largest absolute Gasteiger partial charge is 0.314 e. The van der Waals surface area contributed by atoms with Crippen molar-refractivity contribution in [3.63, 3.8) is 0 Å². The van der Waals surface area contributed by atoms with Gasteiger partial charge in [-0.15, -0.1) is 0 Å². The molecule has 0 aliphatic carbocycles. The van der Waals surface area contributed by atoms with Gasteiger partial charge in [0.1, 0.15) is 0 Å². The van der Waals surface area contributed by atoms with E-state index in [9.17, 15) is 0 Å². The van der Waals surface area contributed by atoms with Crippen LogP contribution in [0.25, 0.3) is 0 Å². The summed E-state index contributed by atoms with van der Waals surface area (Å²) in [4.78, 5) is 2.78. The summed E-state index contributed by atoms with van der Waals surface area (Å²) in [6.07, 6.45) is 7.88. The number of halogens is 1. The second kappa shape index (κ2) is 7.13. The molecule has 2 saturated heterocycles. The average Bonchev–Trinajstić information content (AvgIpc) is 2.74. The van der Waals surface area contributed by atoms with E-state index in [1.165, 1.54) is 50.8 Å². The third-order valence-corrected chi connectivity index (χ3v) is 5.39. The molecule has 2 bridgehead atoms. The zero-order valence-corrected chi connectivity index (χ0v) is 13.8. The minimum Gasteiger partial charge on any atom is -0.314 e. The van der Waals surface area contributed by atoms with E-state index >= 15 is 0 Å². The van der Waals surface area contributed by atoms with Gasteiger partial charge in [-0.3, -0.25) is 4.90 Å². The first-order chi connectivity index (χ1) is 10.3. The Bertz CT molecular complexity index is 431. The van der Waals surface area contributed by atoms with Gasteiger partial charge in [0, 0.05) is 29.7 Å². The molecule has 1 N–H and O–H groups in total. The summed E-state index contributed by atoms with van der Waals surface area (Å²) in [5.74, 6) is 0. The van der Waals surface area contributed by atoms with Crippen LogP contribution in [0, 0.1) is 0 Å². The summed E-state index contributed by atoms with van der Waals surface area (Å²) in [6, 6.07) is 10.7. The van der Waals surface area contributed by atoms with E-state index in [1.807, 2.05) is 12.1 Å². The van der Waals surface area contributed by atoms with Crippen molar-refractivity contribution in [2.45, 2.75) is 63.6 Å². The average molecular weight is 307 g/mol. The highest BCUT2D eigenvalue weighted by Gasteiger charge is 2.39. The van der Waals surface area contributed by atoms with Crippen LogP contribution in [0.4, 0.5) is 0 Å². The smallest absolute Gasteiger partial charge is 0.0406 e. The molecule has 2 unspecified atom stereocenters. The molecule has 21 heavy (non-hydrogen) atoms. The van der Waals surface area contributed by atoms with Crippen LogP contribution in [0.5, 0.6) is 0 Å². The van der Waals surface area contributed by atoms with Crippen LogP contribution >= 0.6 is 11.6 Å². The zero-order valence-electron chi connectivity index (χ0n) is 13.0. The van der Waals surface area contributed by atoms with E-state index in [4.69, 9.17) is 11.6 Å². The van der Waals surface area contributed by atoms with Gasteiger partial charge in [0.15, 0.2) is 0 Å². The predicted molar refractivity (Wildman–Crippen MR) is 90.0 cm³/mol. The van der Waals surface area contributed by atoms with Gasteiger partial charge in [-0.1, -0.05) is 30.7 Å². The number of piperidine rings is 1. The van der Waals surface area contributed by atoms with Gasteiger partial charge >= 0.3 is 0 Å². The zero-order chi connectivity index (χ0) is 14.7. The molecule has 2 aliphatic heterocycles. The normalized spacial score (nSPS) is 29.0. The van der Waals surface area contributed by atoms with Gasteiger partial charge in [-0.05, 0) is 62.8 Å². The molecule has 2 aliphatic rings. The molecule has 0 spiro atoms. The number of nitrogens with one attached hydrogen (secondary N) is 1. The van der Waals surface area contributed by atoms with E-state index in [-0.39, 0.29) is 0 Å². The van der Waals surface area contributed by atoms with E-state index in [0.717, 1.165) is 29.6 Å². The minimum atomic E-state index is 0.759. The van der Waals surface area contributed by atoms with E-state index < -0.39 is 0 Å². The van der Waals surface area contributed by atoms with Crippen molar-refractivity contribution in [1.82, 2.24) is 10.2 Å². The predicted octanol–water partition coefficient (Wildman–Crippen LogP) is 3.88. The standard InChI is InChI=1S/C18H27ClN2/c1-2-10-20-16-12-17-7-8-18(13-16)21(17)11-9-14-3-5-15(19)6-4-14/h3-6,16-18,20H,2,7-13H2,1H3. The van der Waals surface area contributed by atoms with Gasteiger partial charge in [0.2, 0.25) is 0 Å². The Hall–Kier alpha value is -0.570. The molecular formula is C18H27ClN2. The Morgan fingerprint density at radius 2 is 1.81 bits per heavy atom. The molecule has 0 radical (unpaired) electrons. The Balaban J connectivity index is 1.52. The monoisotopic (exact) mass is 306 g/mol. The van der Waals surface area contributed by atoms with Crippen LogP contribution in [0.1, 0.15) is 44.6 Å². The number of fused-ring (bicyclic) bond motifs is 2. The first kappa shape index (κ1) is 15.3. The molecule has 2 fully saturated rings. The van der Waals surface area contributed by atoms with Crippen LogP contribution < -0.4 is 5.32 Å². The number of hydrogen-bond acceptors (Lipinski definition) is 2. The Morgan fingerprint density at radius 1 is 1.14 bits per heavy atom. The van der Waals surface area contributed by atoms with Crippen molar-refractivity contribution in [3.05, 3.63) is 34.9 Å². The summed E-state index contributed by atoms with van der Waals surface area (Å²) in [6.45, 7) is 4.63. The number of benzene rings is 1. The van der Waals surface area contributed by atoms with Crippen molar-refractivity contribution >= 4 is 11.6 Å². The fraction of sp³-hybridized carbons (Fsp3) is 0.667. The third-order valence-electron chi connectivity index (χ3n) is 5.14. The first-order valence-electron chi connectivity index (χ1n) is 8.50. The molecule has 3 heteroatoms. The van der Waals surface area contributed by atoms with Gasteiger partial charge in [0.25, 0.3) is 0 Å². The van der Waals surface area contributed by atoms with Crippen LogP contribution in [0.15, 0.2) is 24.3 Å². The lowest BCUT2D eigenvalue weighted by Crippen LogP contribution is -2.49. The first-order valence-corrected chi connectivity index (χ1v) is 8.87. The van der Waals surface area contributed by atoms with Crippen LogP contribution in [-0.4, -0.2) is 36.1 Å². The molecule has 1 aromatic carbocycles. The van der Waals surface area contributed by atoms with Crippen molar-refractivity contribution in [2.24, 2.45) is 0 Å². The topological polar surface area (TPSA) is 15.3 Å². The maximum Gasteiger partial charge on any atom is 0.0406 e. The summed E-state index contributed by atoms with van der Waals surface area (Å²) in [5, 5.41) is 4.57. The van der Waals surface area contributed by atoms with E-state index in [2.05, 4.69) is 29.3 Å². The second-order valence-corrected chi connectivity index (χ2v) is 7.06. The highest BCUT2D eigenvalue weighted by Crippen LogP contribution is 2.35. The lowest BCUT2D eigenvalue weighted by molar-refractivity contribution is 0.118. The molecule has 0 aromatic heterocycles. The minimum absolute atomic E-state index is 0.759. The summed E-state index contributed by atoms with van der Waals surface area (Å²) in [7, 11) is 0. The third kappa shape index (κ3) is 3.80. The highest BCUT2D eigenvalue weighted by molar-refractivity contribution is 6.30. The van der Waals surface area contributed by atoms with Gasteiger partial charge in [-0.25, -0.2) is 0 Å². The van der Waals surface area contributed by atoms with Crippen LogP contribution in [-0.2, 0) is 6.42 Å². The highest BCUT2D eigenvalue weighted by atomic mass is 35.5. The molecule has 2 nitrogen and oxygen atoms in total. The lowest BCUT2D eigenvalue weighted by atomic mass is 9.96. The molecule has 116 valence electrons. The fourth-order valence-electron chi connectivity index (χ4n) is 4.06. The molecular weight excluding hydrogens is 280 g/mol. The number of rotatable bonds is 6. The van der Waals surface area contributed by atoms with Gasteiger partial charge < -0.3 is 5.32 Å². The summed E-state index contributed by atoms with van der Waals surface area (Å²) >= 11 is 5.96. The Labute approximate surface area is 133 Å². The number of hydrogen-bond donors (Lipinski definition) is 1. The van der Waals surface area contributed by atoms with Crippen molar-refractivity contribution in [1.29, 1.82) is 0 Å². The van der Waals surface area contributed by atoms with Crippen LogP contribution in [0.3, 0.4) is 0 Å². The van der Waals surface area contributed by atoms with Crippen molar-refractivity contribution < 1.29 is 0 Å². The number of nitrogens with zero attached hydrogens (tertiary/aromatic N) is 1. The van der Waals surface area contributed by atoms with Gasteiger partial charge in [-0.2, -0.15) is 0 Å². The Morgan fingerprint density at radius 3 is 2.43 bits per heavy atom. The fourth-order valence-corrected chi connectivity index (χ4v) is 4.19. The second-order valence-electron chi connectivity index (χ2n) is 6.62. The quantitative estimate of drug-likeness (QED) is 0.858. The van der Waals surface area contributed by atoms with Crippen molar-refractivity contribution in [3.8, 4) is 0 Å². The lowest BCUT2D eigenvalue weighted by Gasteiger charge is -2.39. The summed E-state index contributed by atoms with van der Waals surface area (Å²) in [5.41, 5.74) is 1.41. The maximum absolute atomic E-state index is 5.96. The molecule has 1 aromatic rings. The maximum atomic E-state index is 5.96. The van der Waals surface area contributed by atoms with Crippen molar-refractivity contribution in [2.75, 3.05) is 13.1 Å². The SMILES string of the molecule is CCCNC1CC2CCC(C1)N2CCc1ccc(Cl)cc1. The van der Waals surface area contributed by atoms with Crippen LogP contribution in [0.2, 0.25) is 5.02 Å².